The first-order chi connectivity index (χ1) is 14.6. The second-order valence-corrected chi connectivity index (χ2v) is 8.80. The molecule has 1 aliphatic rings. The fourth-order valence-electron chi connectivity index (χ4n) is 3.01. The zero-order valence-corrected chi connectivity index (χ0v) is 18.3. The summed E-state index contributed by atoms with van der Waals surface area (Å²) >= 11 is 13.1. The summed E-state index contributed by atoms with van der Waals surface area (Å²) in [7, 11) is 0. The van der Waals surface area contributed by atoms with Gasteiger partial charge in [0.1, 0.15) is 16.7 Å². The Bertz CT molecular complexity index is 1100. The molecular formula is C24H18ClNO2S2. The zero-order chi connectivity index (χ0) is 20.9. The zero-order valence-electron chi connectivity index (χ0n) is 16.0. The topological polar surface area (TPSA) is 29.5 Å². The van der Waals surface area contributed by atoms with Crippen LogP contribution >= 0.6 is 35.6 Å². The molecule has 30 heavy (non-hydrogen) atoms. The van der Waals surface area contributed by atoms with E-state index in [1.54, 1.807) is 11.0 Å². The molecule has 1 heterocycles. The minimum Gasteiger partial charge on any atom is -0.487 e. The van der Waals surface area contributed by atoms with Crippen molar-refractivity contribution in [3.8, 4) is 5.75 Å². The van der Waals surface area contributed by atoms with Gasteiger partial charge in [0, 0.05) is 0 Å². The van der Waals surface area contributed by atoms with E-state index in [0.717, 1.165) is 16.7 Å². The SMILES string of the molecule is O=C1/C(=C/c2ccc(OCc3ccccc3)c(Cl)c2)SC(=S)N1Cc1ccccc1. The number of amides is 1. The molecule has 3 aromatic carbocycles. The number of carbonyl (C=O) groups excluding carboxylic acids is 1. The first-order valence-electron chi connectivity index (χ1n) is 9.36. The van der Waals surface area contributed by atoms with Crippen molar-refractivity contribution >= 4 is 51.9 Å². The predicted octanol–water partition coefficient (Wildman–Crippen LogP) is 6.32. The third-order valence-electron chi connectivity index (χ3n) is 4.55. The van der Waals surface area contributed by atoms with Gasteiger partial charge in [-0.3, -0.25) is 9.69 Å². The lowest BCUT2D eigenvalue weighted by atomic mass is 10.2. The molecule has 0 saturated carbocycles. The maximum atomic E-state index is 12.8. The molecule has 0 atom stereocenters. The molecule has 0 unspecified atom stereocenters. The number of carbonyl (C=O) groups is 1. The Morgan fingerprint density at radius 1 is 0.967 bits per heavy atom. The average Bonchev–Trinajstić information content (AvgIpc) is 3.02. The van der Waals surface area contributed by atoms with Crippen molar-refractivity contribution in [2.24, 2.45) is 0 Å². The molecule has 0 radical (unpaired) electrons. The van der Waals surface area contributed by atoms with E-state index in [1.165, 1.54) is 11.8 Å². The second-order valence-electron chi connectivity index (χ2n) is 6.72. The molecule has 0 spiro atoms. The number of hydrogen-bond donors (Lipinski definition) is 0. The Hall–Kier alpha value is -2.60. The van der Waals surface area contributed by atoms with E-state index in [1.807, 2.05) is 78.9 Å². The van der Waals surface area contributed by atoms with Gasteiger partial charge < -0.3 is 4.74 Å². The number of thioether (sulfide) groups is 1. The van der Waals surface area contributed by atoms with Crippen LogP contribution in [-0.4, -0.2) is 15.1 Å². The van der Waals surface area contributed by atoms with Gasteiger partial charge in [-0.15, -0.1) is 0 Å². The molecule has 6 heteroatoms. The minimum absolute atomic E-state index is 0.0885. The number of nitrogens with zero attached hydrogens (tertiary/aromatic N) is 1. The van der Waals surface area contributed by atoms with Crippen molar-refractivity contribution in [1.82, 2.24) is 4.90 Å². The average molecular weight is 452 g/mol. The van der Waals surface area contributed by atoms with Gasteiger partial charge in [-0.25, -0.2) is 0 Å². The highest BCUT2D eigenvalue weighted by Gasteiger charge is 2.31. The van der Waals surface area contributed by atoms with Gasteiger partial charge >= 0.3 is 0 Å². The first kappa shape index (κ1) is 20.7. The number of ether oxygens (including phenoxy) is 1. The van der Waals surface area contributed by atoms with Crippen LogP contribution < -0.4 is 4.74 Å². The van der Waals surface area contributed by atoms with Gasteiger partial charge in [-0.1, -0.05) is 102 Å². The molecule has 0 bridgehead atoms. The summed E-state index contributed by atoms with van der Waals surface area (Å²) in [4.78, 5) is 15.0. The largest absolute Gasteiger partial charge is 0.487 e. The normalized spacial score (nSPS) is 15.1. The van der Waals surface area contributed by atoms with Crippen molar-refractivity contribution in [3.63, 3.8) is 0 Å². The number of thiocarbonyl (C=S) groups is 1. The van der Waals surface area contributed by atoms with Crippen molar-refractivity contribution in [1.29, 1.82) is 0 Å². The summed E-state index contributed by atoms with van der Waals surface area (Å²) in [6.07, 6.45) is 1.82. The van der Waals surface area contributed by atoms with Gasteiger partial charge in [0.05, 0.1) is 16.5 Å². The highest BCUT2D eigenvalue weighted by Crippen LogP contribution is 2.35. The van der Waals surface area contributed by atoms with Crippen molar-refractivity contribution < 1.29 is 9.53 Å². The van der Waals surface area contributed by atoms with Crippen LogP contribution in [0.3, 0.4) is 0 Å². The van der Waals surface area contributed by atoms with Crippen LogP contribution in [0, 0.1) is 0 Å². The van der Waals surface area contributed by atoms with E-state index in [-0.39, 0.29) is 5.91 Å². The van der Waals surface area contributed by atoms with Crippen LogP contribution in [0.5, 0.6) is 5.75 Å². The highest BCUT2D eigenvalue weighted by molar-refractivity contribution is 8.26. The van der Waals surface area contributed by atoms with Crippen LogP contribution in [0.2, 0.25) is 5.02 Å². The van der Waals surface area contributed by atoms with Crippen LogP contribution in [0.1, 0.15) is 16.7 Å². The lowest BCUT2D eigenvalue weighted by Crippen LogP contribution is -2.27. The molecule has 3 aromatic rings. The summed E-state index contributed by atoms with van der Waals surface area (Å²) in [6, 6.07) is 25.2. The Balaban J connectivity index is 1.46. The summed E-state index contributed by atoms with van der Waals surface area (Å²) in [5.41, 5.74) is 2.94. The van der Waals surface area contributed by atoms with E-state index in [2.05, 4.69) is 0 Å². The third kappa shape index (κ3) is 4.93. The van der Waals surface area contributed by atoms with Crippen LogP contribution in [0.15, 0.2) is 83.8 Å². The Labute approximate surface area is 190 Å². The fraction of sp³-hybridized carbons (Fsp3) is 0.0833. The Kier molecular flexibility index (Phi) is 6.53. The Morgan fingerprint density at radius 2 is 1.63 bits per heavy atom. The van der Waals surface area contributed by atoms with Crippen LogP contribution in [0.4, 0.5) is 0 Å². The molecule has 1 aliphatic heterocycles. The molecule has 0 aliphatic carbocycles. The van der Waals surface area contributed by atoms with Gasteiger partial charge in [-0.2, -0.15) is 0 Å². The molecule has 3 nitrogen and oxygen atoms in total. The number of rotatable bonds is 6. The van der Waals surface area contributed by atoms with E-state index in [9.17, 15) is 4.79 Å². The molecule has 150 valence electrons. The third-order valence-corrected chi connectivity index (χ3v) is 6.22. The minimum atomic E-state index is -0.0885. The maximum absolute atomic E-state index is 12.8. The molecule has 1 fully saturated rings. The first-order valence-corrected chi connectivity index (χ1v) is 11.0. The van der Waals surface area contributed by atoms with Gasteiger partial charge in [0.15, 0.2) is 0 Å². The summed E-state index contributed by atoms with van der Waals surface area (Å²) in [6.45, 7) is 0.911. The van der Waals surface area contributed by atoms with Gasteiger partial charge in [0.25, 0.3) is 5.91 Å². The van der Waals surface area contributed by atoms with E-state index >= 15 is 0 Å². The molecule has 1 saturated heterocycles. The van der Waals surface area contributed by atoms with Gasteiger partial charge in [-0.05, 0) is 34.9 Å². The number of hydrogen-bond acceptors (Lipinski definition) is 4. The Morgan fingerprint density at radius 3 is 2.30 bits per heavy atom. The van der Waals surface area contributed by atoms with E-state index in [4.69, 9.17) is 28.6 Å². The summed E-state index contributed by atoms with van der Waals surface area (Å²) in [5, 5.41) is 0.499. The lowest BCUT2D eigenvalue weighted by molar-refractivity contribution is -0.122. The predicted molar refractivity (Wildman–Crippen MR) is 127 cm³/mol. The molecule has 0 N–H and O–H groups in total. The number of halogens is 1. The molecule has 4 rings (SSSR count). The van der Waals surface area contributed by atoms with E-state index < -0.39 is 0 Å². The fourth-order valence-corrected chi connectivity index (χ4v) is 4.51. The van der Waals surface area contributed by atoms with Crippen LogP contribution in [-0.2, 0) is 17.9 Å². The second kappa shape index (κ2) is 9.47. The lowest BCUT2D eigenvalue weighted by Gasteiger charge is -2.14. The summed E-state index contributed by atoms with van der Waals surface area (Å²) in [5.74, 6) is 0.517. The monoisotopic (exact) mass is 451 g/mol. The van der Waals surface area contributed by atoms with E-state index in [0.29, 0.717) is 33.1 Å². The maximum Gasteiger partial charge on any atom is 0.266 e. The quantitative estimate of drug-likeness (QED) is 0.324. The van der Waals surface area contributed by atoms with Crippen molar-refractivity contribution in [2.45, 2.75) is 13.2 Å². The standard InChI is InChI=1S/C24H18ClNO2S2/c25-20-13-19(11-12-21(20)28-16-18-9-5-2-6-10-18)14-22-23(27)26(24(29)30-22)15-17-7-3-1-4-8-17/h1-14H,15-16H2/b22-14-. The van der Waals surface area contributed by atoms with Crippen LogP contribution in [0.25, 0.3) is 6.08 Å². The number of benzene rings is 3. The smallest absolute Gasteiger partial charge is 0.266 e. The molecular weight excluding hydrogens is 434 g/mol. The van der Waals surface area contributed by atoms with Gasteiger partial charge in [0.2, 0.25) is 0 Å². The molecule has 0 aromatic heterocycles. The highest BCUT2D eigenvalue weighted by atomic mass is 35.5. The van der Waals surface area contributed by atoms with Crippen molar-refractivity contribution in [3.05, 3.63) is 105 Å². The summed E-state index contributed by atoms with van der Waals surface area (Å²) < 4.78 is 6.37. The van der Waals surface area contributed by atoms with Crippen molar-refractivity contribution in [2.75, 3.05) is 0 Å². The molecule has 1 amide bonds.